The van der Waals surface area contributed by atoms with Crippen LogP contribution in [0.3, 0.4) is 0 Å². The van der Waals surface area contributed by atoms with E-state index in [9.17, 15) is 9.59 Å². The predicted octanol–water partition coefficient (Wildman–Crippen LogP) is 2.78. The molecular formula is C20H25N3O4. The Kier molecular flexibility index (Phi) is 6.35. The van der Waals surface area contributed by atoms with Crippen molar-refractivity contribution < 1.29 is 18.7 Å². The van der Waals surface area contributed by atoms with Crippen LogP contribution in [-0.4, -0.2) is 43.1 Å². The molecule has 0 spiro atoms. The molecule has 2 N–H and O–H groups in total. The Labute approximate surface area is 158 Å². The van der Waals surface area contributed by atoms with Crippen molar-refractivity contribution in [3.8, 4) is 5.75 Å². The number of rotatable bonds is 5. The van der Waals surface area contributed by atoms with Crippen LogP contribution in [0.1, 0.15) is 35.4 Å². The van der Waals surface area contributed by atoms with E-state index in [0.717, 1.165) is 25.0 Å². The van der Waals surface area contributed by atoms with E-state index in [1.54, 1.807) is 49.8 Å². The third kappa shape index (κ3) is 5.26. The van der Waals surface area contributed by atoms with Crippen molar-refractivity contribution in [1.82, 2.24) is 15.5 Å². The van der Waals surface area contributed by atoms with Crippen LogP contribution in [-0.2, 0) is 6.54 Å². The molecule has 0 bridgehead atoms. The van der Waals surface area contributed by atoms with Gasteiger partial charge in [0.15, 0.2) is 0 Å². The molecule has 27 heavy (non-hydrogen) atoms. The molecule has 7 nitrogen and oxygen atoms in total. The normalized spacial score (nSPS) is 17.1. The molecule has 0 aliphatic carbocycles. The van der Waals surface area contributed by atoms with E-state index < -0.39 is 0 Å². The maximum absolute atomic E-state index is 12.8. The molecule has 2 aromatic rings. The SMILES string of the molecule is COc1ccc(C(=O)N2CCCC[C@@H](NC(=O)NCc3ccco3)C2)cc1. The summed E-state index contributed by atoms with van der Waals surface area (Å²) in [4.78, 5) is 26.8. The van der Waals surface area contributed by atoms with Crippen LogP contribution in [0.4, 0.5) is 4.79 Å². The highest BCUT2D eigenvalue weighted by molar-refractivity contribution is 5.94. The molecule has 1 aromatic carbocycles. The second kappa shape index (κ2) is 9.12. The fraction of sp³-hybridized carbons (Fsp3) is 0.400. The van der Waals surface area contributed by atoms with E-state index in [1.165, 1.54) is 0 Å². The van der Waals surface area contributed by atoms with E-state index >= 15 is 0 Å². The number of hydrogen-bond acceptors (Lipinski definition) is 4. The first-order chi connectivity index (χ1) is 13.2. The summed E-state index contributed by atoms with van der Waals surface area (Å²) < 4.78 is 10.3. The van der Waals surface area contributed by atoms with Crippen LogP contribution in [0.5, 0.6) is 5.75 Å². The molecule has 1 aromatic heterocycles. The van der Waals surface area contributed by atoms with Gasteiger partial charge in [-0.25, -0.2) is 4.79 Å². The lowest BCUT2D eigenvalue weighted by molar-refractivity contribution is 0.0750. The van der Waals surface area contributed by atoms with Gasteiger partial charge in [0, 0.05) is 24.7 Å². The van der Waals surface area contributed by atoms with Crippen LogP contribution in [0, 0.1) is 0 Å². The van der Waals surface area contributed by atoms with Crippen molar-refractivity contribution in [2.75, 3.05) is 20.2 Å². The average molecular weight is 371 g/mol. The fourth-order valence-electron chi connectivity index (χ4n) is 3.18. The number of carbonyl (C=O) groups is 2. The molecule has 1 aliphatic rings. The summed E-state index contributed by atoms with van der Waals surface area (Å²) in [7, 11) is 1.60. The number of carbonyl (C=O) groups excluding carboxylic acids is 2. The van der Waals surface area contributed by atoms with Gasteiger partial charge in [-0.05, 0) is 55.7 Å². The van der Waals surface area contributed by atoms with E-state index in [1.807, 2.05) is 4.90 Å². The largest absolute Gasteiger partial charge is 0.497 e. The zero-order valence-corrected chi connectivity index (χ0v) is 15.4. The van der Waals surface area contributed by atoms with Crippen LogP contribution in [0.15, 0.2) is 47.1 Å². The minimum Gasteiger partial charge on any atom is -0.497 e. The summed E-state index contributed by atoms with van der Waals surface area (Å²) in [6.07, 6.45) is 4.31. The summed E-state index contributed by atoms with van der Waals surface area (Å²) in [6.45, 7) is 1.52. The number of amides is 3. The highest BCUT2D eigenvalue weighted by Crippen LogP contribution is 2.17. The molecule has 3 amide bonds. The zero-order valence-electron chi connectivity index (χ0n) is 15.4. The number of likely N-dealkylation sites (tertiary alicyclic amines) is 1. The smallest absolute Gasteiger partial charge is 0.315 e. The summed E-state index contributed by atoms with van der Waals surface area (Å²) >= 11 is 0. The second-order valence-corrected chi connectivity index (χ2v) is 6.58. The number of nitrogens with zero attached hydrogens (tertiary/aromatic N) is 1. The number of methoxy groups -OCH3 is 1. The Morgan fingerprint density at radius 3 is 2.74 bits per heavy atom. The lowest BCUT2D eigenvalue weighted by Crippen LogP contribution is -2.47. The topological polar surface area (TPSA) is 83.8 Å². The van der Waals surface area contributed by atoms with Crippen molar-refractivity contribution in [3.05, 3.63) is 54.0 Å². The van der Waals surface area contributed by atoms with E-state index in [2.05, 4.69) is 10.6 Å². The fourth-order valence-corrected chi connectivity index (χ4v) is 3.18. The van der Waals surface area contributed by atoms with Crippen molar-refractivity contribution in [3.63, 3.8) is 0 Å². The summed E-state index contributed by atoms with van der Waals surface area (Å²) in [5.41, 5.74) is 0.624. The highest BCUT2D eigenvalue weighted by atomic mass is 16.5. The molecule has 144 valence electrons. The van der Waals surface area contributed by atoms with Crippen molar-refractivity contribution in [2.45, 2.75) is 31.8 Å². The Balaban J connectivity index is 1.55. The molecule has 1 saturated heterocycles. The summed E-state index contributed by atoms with van der Waals surface area (Å²) in [5, 5.41) is 5.75. The van der Waals surface area contributed by atoms with E-state index in [0.29, 0.717) is 31.0 Å². The standard InChI is InChI=1S/C20H25N3O4/c1-26-17-9-7-15(8-10-17)19(24)23-11-3-2-5-16(14-23)22-20(25)21-13-18-6-4-12-27-18/h4,6-10,12,16H,2-3,5,11,13-14H2,1H3,(H2,21,22,25)/t16-/m1/s1. The molecule has 2 heterocycles. The Morgan fingerprint density at radius 1 is 1.22 bits per heavy atom. The van der Waals surface area contributed by atoms with Gasteiger partial charge in [-0.2, -0.15) is 0 Å². The molecule has 0 radical (unpaired) electrons. The van der Waals surface area contributed by atoms with Gasteiger partial charge in [0.2, 0.25) is 0 Å². The van der Waals surface area contributed by atoms with E-state index in [4.69, 9.17) is 9.15 Å². The van der Waals surface area contributed by atoms with Gasteiger partial charge in [0.05, 0.1) is 19.9 Å². The number of ether oxygens (including phenoxy) is 1. The lowest BCUT2D eigenvalue weighted by Gasteiger charge is -2.25. The first-order valence-electron chi connectivity index (χ1n) is 9.16. The highest BCUT2D eigenvalue weighted by Gasteiger charge is 2.24. The first kappa shape index (κ1) is 18.8. The molecule has 1 aliphatic heterocycles. The van der Waals surface area contributed by atoms with Gasteiger partial charge < -0.3 is 24.7 Å². The molecular weight excluding hydrogens is 346 g/mol. The third-order valence-corrected chi connectivity index (χ3v) is 4.63. The molecule has 0 unspecified atom stereocenters. The average Bonchev–Trinajstić information content (AvgIpc) is 3.11. The van der Waals surface area contributed by atoms with Crippen LogP contribution in [0.25, 0.3) is 0 Å². The first-order valence-corrected chi connectivity index (χ1v) is 9.16. The quantitative estimate of drug-likeness (QED) is 0.847. The number of furan rings is 1. The second-order valence-electron chi connectivity index (χ2n) is 6.58. The number of hydrogen-bond donors (Lipinski definition) is 2. The van der Waals surface area contributed by atoms with Gasteiger partial charge in [-0.3, -0.25) is 4.79 Å². The maximum atomic E-state index is 12.8. The predicted molar refractivity (Wildman–Crippen MR) is 101 cm³/mol. The van der Waals surface area contributed by atoms with Gasteiger partial charge in [-0.1, -0.05) is 0 Å². The molecule has 3 rings (SSSR count). The Hall–Kier alpha value is -2.96. The molecule has 0 saturated carbocycles. The van der Waals surface area contributed by atoms with Gasteiger partial charge in [0.1, 0.15) is 11.5 Å². The van der Waals surface area contributed by atoms with Gasteiger partial charge >= 0.3 is 6.03 Å². The van der Waals surface area contributed by atoms with Crippen molar-refractivity contribution in [1.29, 1.82) is 0 Å². The van der Waals surface area contributed by atoms with E-state index in [-0.39, 0.29) is 18.0 Å². The number of nitrogens with one attached hydrogen (secondary N) is 2. The lowest BCUT2D eigenvalue weighted by atomic mass is 10.1. The molecule has 1 atom stereocenters. The van der Waals surface area contributed by atoms with Crippen molar-refractivity contribution >= 4 is 11.9 Å². The van der Waals surface area contributed by atoms with Gasteiger partial charge in [-0.15, -0.1) is 0 Å². The zero-order chi connectivity index (χ0) is 19.1. The monoisotopic (exact) mass is 371 g/mol. The summed E-state index contributed by atoms with van der Waals surface area (Å²) in [5.74, 6) is 1.39. The minimum atomic E-state index is -0.254. The Bertz CT molecular complexity index is 743. The molecule has 1 fully saturated rings. The van der Waals surface area contributed by atoms with Crippen molar-refractivity contribution in [2.24, 2.45) is 0 Å². The minimum absolute atomic E-state index is 0.0256. The number of benzene rings is 1. The third-order valence-electron chi connectivity index (χ3n) is 4.63. The molecule has 7 heteroatoms. The Morgan fingerprint density at radius 2 is 2.04 bits per heavy atom. The number of urea groups is 1. The van der Waals surface area contributed by atoms with Crippen LogP contribution < -0.4 is 15.4 Å². The van der Waals surface area contributed by atoms with Crippen LogP contribution in [0.2, 0.25) is 0 Å². The van der Waals surface area contributed by atoms with Crippen LogP contribution >= 0.6 is 0 Å². The van der Waals surface area contributed by atoms with Gasteiger partial charge in [0.25, 0.3) is 5.91 Å². The summed E-state index contributed by atoms with van der Waals surface area (Å²) in [6, 6.07) is 10.4. The maximum Gasteiger partial charge on any atom is 0.315 e.